The number of anilines is 1. The van der Waals surface area contributed by atoms with Gasteiger partial charge < -0.3 is 25.7 Å². The average Bonchev–Trinajstić information content (AvgIpc) is 2.43. The number of rotatable bonds is 3. The number of nitrogens with one attached hydrogen (secondary N) is 1. The summed E-state index contributed by atoms with van der Waals surface area (Å²) in [4.78, 5) is 0. The molecule has 0 saturated heterocycles. The second-order valence-electron chi connectivity index (χ2n) is 4.70. The van der Waals surface area contributed by atoms with Crippen LogP contribution in [0, 0.1) is 13.8 Å². The quantitative estimate of drug-likeness (QED) is 0.555. The normalized spacial score (nSPS) is 10.5. The predicted molar refractivity (Wildman–Crippen MR) is 76.3 cm³/mol. The van der Waals surface area contributed by atoms with Crippen LogP contribution >= 0.6 is 0 Å². The Hall–Kier alpha value is -2.56. The van der Waals surface area contributed by atoms with Gasteiger partial charge in [0.1, 0.15) is 5.75 Å². The zero-order valence-corrected chi connectivity index (χ0v) is 11.3. The van der Waals surface area contributed by atoms with Crippen LogP contribution < -0.4 is 5.32 Å². The molecule has 0 amide bonds. The number of phenols is 4. The molecule has 106 valence electrons. The molecule has 0 unspecified atom stereocenters. The van der Waals surface area contributed by atoms with Gasteiger partial charge in [0.05, 0.1) is 0 Å². The fourth-order valence-electron chi connectivity index (χ4n) is 1.97. The van der Waals surface area contributed by atoms with Crippen molar-refractivity contribution >= 4 is 5.69 Å². The lowest BCUT2D eigenvalue weighted by Gasteiger charge is -2.13. The van der Waals surface area contributed by atoms with Crippen molar-refractivity contribution in [2.45, 2.75) is 20.4 Å². The Balaban J connectivity index is 2.22. The van der Waals surface area contributed by atoms with Gasteiger partial charge in [-0.15, -0.1) is 0 Å². The third-order valence-corrected chi connectivity index (χ3v) is 3.32. The van der Waals surface area contributed by atoms with E-state index in [1.165, 1.54) is 12.1 Å². The first-order valence-electron chi connectivity index (χ1n) is 6.17. The molecular formula is C15H17NO4. The minimum absolute atomic E-state index is 0.229. The van der Waals surface area contributed by atoms with E-state index in [1.807, 2.05) is 13.0 Å². The fraction of sp³-hybridized carbons (Fsp3) is 0.200. The molecule has 5 heteroatoms. The van der Waals surface area contributed by atoms with Gasteiger partial charge in [-0.25, -0.2) is 0 Å². The molecule has 0 aliphatic carbocycles. The first-order chi connectivity index (χ1) is 9.41. The Morgan fingerprint density at radius 3 is 2.25 bits per heavy atom. The number of benzene rings is 2. The van der Waals surface area contributed by atoms with Gasteiger partial charge in [-0.05, 0) is 37.6 Å². The van der Waals surface area contributed by atoms with Gasteiger partial charge in [0, 0.05) is 23.4 Å². The van der Waals surface area contributed by atoms with E-state index in [0.717, 1.165) is 11.3 Å². The van der Waals surface area contributed by atoms with E-state index in [1.54, 1.807) is 13.0 Å². The molecule has 20 heavy (non-hydrogen) atoms. The molecule has 0 fully saturated rings. The highest BCUT2D eigenvalue weighted by atomic mass is 16.3. The summed E-state index contributed by atoms with van der Waals surface area (Å²) in [6.07, 6.45) is 0. The number of phenolic OH excluding ortho intramolecular Hbond substituents is 4. The summed E-state index contributed by atoms with van der Waals surface area (Å²) in [5.74, 6) is -1.03. The van der Waals surface area contributed by atoms with Crippen molar-refractivity contribution in [3.63, 3.8) is 0 Å². The van der Waals surface area contributed by atoms with Crippen molar-refractivity contribution < 1.29 is 20.4 Å². The molecule has 0 saturated carbocycles. The summed E-state index contributed by atoms with van der Waals surface area (Å²) < 4.78 is 0. The van der Waals surface area contributed by atoms with E-state index in [0.29, 0.717) is 11.1 Å². The van der Waals surface area contributed by atoms with E-state index in [4.69, 9.17) is 0 Å². The van der Waals surface area contributed by atoms with E-state index in [2.05, 4.69) is 5.32 Å². The number of hydrogen-bond donors (Lipinski definition) is 5. The van der Waals surface area contributed by atoms with E-state index in [9.17, 15) is 20.4 Å². The summed E-state index contributed by atoms with van der Waals surface area (Å²) in [5, 5.41) is 41.4. The molecular weight excluding hydrogens is 258 g/mol. The first kappa shape index (κ1) is 13.9. The highest BCUT2D eigenvalue weighted by Crippen LogP contribution is 2.37. The SMILES string of the molecule is Cc1ccc(NCc2ccc(O)c(O)c2O)c(C)c1O. The lowest BCUT2D eigenvalue weighted by molar-refractivity contribution is 0.365. The van der Waals surface area contributed by atoms with Gasteiger partial charge in [-0.3, -0.25) is 0 Å². The molecule has 5 nitrogen and oxygen atoms in total. The lowest BCUT2D eigenvalue weighted by atomic mass is 10.1. The average molecular weight is 275 g/mol. The molecule has 0 atom stereocenters. The first-order valence-corrected chi connectivity index (χ1v) is 6.17. The van der Waals surface area contributed by atoms with Crippen molar-refractivity contribution in [3.8, 4) is 23.0 Å². The third-order valence-electron chi connectivity index (χ3n) is 3.32. The molecule has 5 N–H and O–H groups in total. The predicted octanol–water partition coefficient (Wildman–Crippen LogP) is 2.74. The van der Waals surface area contributed by atoms with Gasteiger partial charge in [-0.1, -0.05) is 6.07 Å². The van der Waals surface area contributed by atoms with E-state index >= 15 is 0 Å². The Labute approximate surface area is 116 Å². The van der Waals surface area contributed by atoms with Crippen molar-refractivity contribution in [1.82, 2.24) is 0 Å². The smallest absolute Gasteiger partial charge is 0.200 e. The summed E-state index contributed by atoms with van der Waals surface area (Å²) in [7, 11) is 0. The van der Waals surface area contributed by atoms with Crippen LogP contribution in [0.2, 0.25) is 0 Å². The third kappa shape index (κ3) is 2.42. The fourth-order valence-corrected chi connectivity index (χ4v) is 1.97. The van der Waals surface area contributed by atoms with Crippen molar-refractivity contribution in [1.29, 1.82) is 0 Å². The molecule has 0 aliphatic heterocycles. The number of aryl methyl sites for hydroxylation is 1. The molecule has 0 bridgehead atoms. The van der Waals surface area contributed by atoms with Gasteiger partial charge in [-0.2, -0.15) is 0 Å². The summed E-state index contributed by atoms with van der Waals surface area (Å²) in [5.41, 5.74) is 2.69. The van der Waals surface area contributed by atoms with E-state index in [-0.39, 0.29) is 23.8 Å². The largest absolute Gasteiger partial charge is 0.507 e. The minimum atomic E-state index is -0.534. The lowest BCUT2D eigenvalue weighted by Crippen LogP contribution is -2.02. The van der Waals surface area contributed by atoms with Crippen LogP contribution in [0.15, 0.2) is 24.3 Å². The topological polar surface area (TPSA) is 93.0 Å². The van der Waals surface area contributed by atoms with Crippen LogP contribution in [0.3, 0.4) is 0 Å². The molecule has 0 aliphatic rings. The maximum absolute atomic E-state index is 9.86. The van der Waals surface area contributed by atoms with Gasteiger partial charge in [0.25, 0.3) is 0 Å². The maximum Gasteiger partial charge on any atom is 0.200 e. The van der Waals surface area contributed by atoms with Crippen molar-refractivity contribution in [3.05, 3.63) is 41.0 Å². The van der Waals surface area contributed by atoms with Gasteiger partial charge in [0.2, 0.25) is 5.75 Å². The molecule has 2 aromatic carbocycles. The zero-order valence-electron chi connectivity index (χ0n) is 11.3. The van der Waals surface area contributed by atoms with Crippen LogP contribution in [0.1, 0.15) is 16.7 Å². The molecule has 0 heterocycles. The summed E-state index contributed by atoms with van der Waals surface area (Å²) in [6, 6.07) is 6.45. The van der Waals surface area contributed by atoms with Gasteiger partial charge >= 0.3 is 0 Å². The van der Waals surface area contributed by atoms with Crippen LogP contribution in [0.5, 0.6) is 23.0 Å². The Kier molecular flexibility index (Phi) is 3.61. The molecule has 0 spiro atoms. The van der Waals surface area contributed by atoms with Gasteiger partial charge in [0.15, 0.2) is 11.5 Å². The van der Waals surface area contributed by atoms with Crippen molar-refractivity contribution in [2.75, 3.05) is 5.32 Å². The summed E-state index contributed by atoms with van der Waals surface area (Å²) >= 11 is 0. The molecule has 2 aromatic rings. The molecule has 0 radical (unpaired) electrons. The Morgan fingerprint density at radius 2 is 1.55 bits per heavy atom. The monoisotopic (exact) mass is 275 g/mol. The van der Waals surface area contributed by atoms with Crippen LogP contribution in [0.4, 0.5) is 5.69 Å². The minimum Gasteiger partial charge on any atom is -0.507 e. The van der Waals surface area contributed by atoms with Crippen LogP contribution in [-0.4, -0.2) is 20.4 Å². The standard InChI is InChI=1S/C15H17NO4/c1-8-3-5-11(9(2)13(8)18)16-7-10-4-6-12(17)15(20)14(10)19/h3-6,16-20H,7H2,1-2H3. The molecule has 0 aromatic heterocycles. The number of hydrogen-bond acceptors (Lipinski definition) is 5. The zero-order chi connectivity index (χ0) is 14.9. The Bertz CT molecular complexity index is 595. The van der Waals surface area contributed by atoms with Crippen LogP contribution in [0.25, 0.3) is 0 Å². The number of aromatic hydroxyl groups is 4. The van der Waals surface area contributed by atoms with E-state index < -0.39 is 5.75 Å². The van der Waals surface area contributed by atoms with Crippen molar-refractivity contribution in [2.24, 2.45) is 0 Å². The highest BCUT2D eigenvalue weighted by molar-refractivity contribution is 5.60. The second-order valence-corrected chi connectivity index (χ2v) is 4.70. The summed E-state index contributed by atoms with van der Waals surface area (Å²) in [6.45, 7) is 3.86. The van der Waals surface area contributed by atoms with Crippen LogP contribution in [-0.2, 0) is 6.54 Å². The Morgan fingerprint density at radius 1 is 0.850 bits per heavy atom. The maximum atomic E-state index is 9.86. The highest BCUT2D eigenvalue weighted by Gasteiger charge is 2.12. The second kappa shape index (κ2) is 5.21. The molecule has 2 rings (SSSR count).